The van der Waals surface area contributed by atoms with Crippen molar-refractivity contribution in [3.05, 3.63) is 41.5 Å². The molecular weight excluding hydrogens is 748 g/mol. The summed E-state index contributed by atoms with van der Waals surface area (Å²) in [7, 11) is -0.782. The third-order valence-electron chi connectivity index (χ3n) is 13.2. The molecule has 0 saturated carbocycles. The fraction of sp³-hybridized carbons (Fsp3) is 0.568. The maximum Gasteiger partial charge on any atom is 0.319 e. The Kier molecular flexibility index (Phi) is 10.8. The van der Waals surface area contributed by atoms with E-state index in [9.17, 15) is 4.39 Å². The van der Waals surface area contributed by atoms with Gasteiger partial charge in [0.25, 0.3) is 0 Å². The van der Waals surface area contributed by atoms with E-state index in [2.05, 4.69) is 62.8 Å². The summed E-state index contributed by atoms with van der Waals surface area (Å²) in [6, 6.07) is 6.52. The Morgan fingerprint density at radius 1 is 0.965 bits per heavy atom. The summed E-state index contributed by atoms with van der Waals surface area (Å²) in [5.74, 6) is 3.21. The number of ether oxygens (including phenoxy) is 4. The molecule has 0 spiro atoms. The molecule has 57 heavy (non-hydrogen) atoms. The zero-order valence-electron chi connectivity index (χ0n) is 34.2. The molecule has 3 fully saturated rings. The Morgan fingerprint density at radius 2 is 1.75 bits per heavy atom. The molecule has 0 aliphatic carbocycles. The predicted octanol–water partition coefficient (Wildman–Crippen LogP) is 9.38. The zero-order chi connectivity index (χ0) is 40.2. The number of nitrogens with zero attached hydrogens (tertiary/aromatic N) is 5. The van der Waals surface area contributed by atoms with Gasteiger partial charge in [-0.05, 0) is 78.9 Å². The number of piperidine rings is 1. The van der Waals surface area contributed by atoms with Crippen molar-refractivity contribution < 1.29 is 32.1 Å². The van der Waals surface area contributed by atoms with Crippen LogP contribution in [0, 0.1) is 23.1 Å². The number of halogens is 3. The first-order chi connectivity index (χ1) is 27.4. The molecule has 9 nitrogen and oxygen atoms in total. The van der Waals surface area contributed by atoms with Crippen LogP contribution >= 0.6 is 0 Å². The molecule has 304 valence electrons. The normalized spacial score (nSPS) is 22.2. The third kappa shape index (κ3) is 6.89. The number of benzene rings is 2. The molecule has 0 unspecified atom stereocenters. The first kappa shape index (κ1) is 39.7. The maximum absolute atomic E-state index is 17.7. The Morgan fingerprint density at radius 3 is 2.51 bits per heavy atom. The first-order valence-corrected chi connectivity index (χ1v) is 22.8. The standard InChI is InChI=1S/C44H54F3N5O4Si/c1-26(2)57(27(3)4,28(5)6)18-14-33-35(46)13-12-29-19-32(56-25-53-7)20-34(36(29)33)39-38(47)40-37-41(52-17-9-8-11-31(52)23-54-42(37)48-39)50-43(49-40)55-24-44-15-10-16-51(44)22-30(45)21-44/h12-13,19-20,26-28,30-31H,8-11,15-17,21-25H2,1-7H3/t30-,31+,44+/m1/s1. The van der Waals surface area contributed by atoms with Gasteiger partial charge >= 0.3 is 6.01 Å². The summed E-state index contributed by atoms with van der Waals surface area (Å²) in [6.07, 6.45) is 4.08. The summed E-state index contributed by atoms with van der Waals surface area (Å²) >= 11 is 0. The van der Waals surface area contributed by atoms with Gasteiger partial charge in [-0.2, -0.15) is 9.97 Å². The van der Waals surface area contributed by atoms with Gasteiger partial charge in [0, 0.05) is 37.6 Å². The second-order valence-electron chi connectivity index (χ2n) is 17.3. The van der Waals surface area contributed by atoms with Crippen LogP contribution in [0.15, 0.2) is 24.3 Å². The third-order valence-corrected chi connectivity index (χ3v) is 19.5. The number of hydrogen-bond acceptors (Lipinski definition) is 9. The number of hydrogen-bond donors (Lipinski definition) is 0. The summed E-state index contributed by atoms with van der Waals surface area (Å²) in [6.45, 7) is 15.7. The van der Waals surface area contributed by atoms with Crippen molar-refractivity contribution in [3.8, 4) is 40.4 Å². The van der Waals surface area contributed by atoms with E-state index >= 15 is 8.78 Å². The molecule has 3 saturated heterocycles. The summed E-state index contributed by atoms with van der Waals surface area (Å²) in [4.78, 5) is 18.9. The molecule has 0 radical (unpaired) electrons. The van der Waals surface area contributed by atoms with Crippen molar-refractivity contribution in [1.29, 1.82) is 0 Å². The lowest BCUT2D eigenvalue weighted by Gasteiger charge is -2.38. The van der Waals surface area contributed by atoms with Gasteiger partial charge in [-0.3, -0.25) is 4.90 Å². The average molecular weight is 802 g/mol. The Hall–Kier alpha value is -4.12. The minimum absolute atomic E-state index is 0.00802. The van der Waals surface area contributed by atoms with E-state index in [1.54, 1.807) is 18.2 Å². The van der Waals surface area contributed by atoms with E-state index in [0.717, 1.165) is 38.6 Å². The number of pyridine rings is 1. The molecule has 4 aliphatic rings. The number of methoxy groups -OCH3 is 1. The zero-order valence-corrected chi connectivity index (χ0v) is 35.2. The molecule has 8 rings (SSSR count). The smallest absolute Gasteiger partial charge is 0.319 e. The maximum atomic E-state index is 17.7. The number of alkyl halides is 1. The molecule has 0 amide bonds. The average Bonchev–Trinajstić information content (AvgIpc) is 3.66. The lowest BCUT2D eigenvalue weighted by atomic mass is 9.95. The number of aromatic nitrogens is 3. The van der Waals surface area contributed by atoms with Crippen LogP contribution in [0.4, 0.5) is 19.0 Å². The molecule has 6 heterocycles. The SMILES string of the molecule is COCOc1cc(-c2nc3c4c(nc(OC[C@@]56CCCN5C[C@H](F)C6)nc4c2F)N2CCCC[C@H]2CO3)c2c(C#C[Si](C(C)C)(C(C)C)C(C)C)c(F)ccc2c1. The highest BCUT2D eigenvalue weighted by Gasteiger charge is 2.49. The molecule has 0 bridgehead atoms. The highest BCUT2D eigenvalue weighted by Crippen LogP contribution is 2.46. The van der Waals surface area contributed by atoms with Crippen molar-refractivity contribution in [1.82, 2.24) is 19.9 Å². The van der Waals surface area contributed by atoms with Crippen LogP contribution in [0.5, 0.6) is 17.6 Å². The largest absolute Gasteiger partial charge is 0.475 e. The van der Waals surface area contributed by atoms with E-state index in [0.29, 0.717) is 70.5 Å². The van der Waals surface area contributed by atoms with Crippen molar-refractivity contribution in [2.24, 2.45) is 0 Å². The van der Waals surface area contributed by atoms with Crippen LogP contribution in [-0.4, -0.2) is 92.4 Å². The highest BCUT2D eigenvalue weighted by atomic mass is 28.3. The molecular formula is C44H54F3N5O4Si. The molecule has 3 atom stereocenters. The lowest BCUT2D eigenvalue weighted by molar-refractivity contribution is 0.0512. The first-order valence-electron chi connectivity index (χ1n) is 20.6. The van der Waals surface area contributed by atoms with Gasteiger partial charge in [-0.25, -0.2) is 18.2 Å². The van der Waals surface area contributed by atoms with Gasteiger partial charge < -0.3 is 23.8 Å². The lowest BCUT2D eigenvalue weighted by Crippen LogP contribution is -2.44. The van der Waals surface area contributed by atoms with Gasteiger partial charge in [0.1, 0.15) is 61.4 Å². The van der Waals surface area contributed by atoms with Crippen LogP contribution in [0.1, 0.15) is 85.6 Å². The molecule has 4 aromatic rings. The molecule has 2 aromatic carbocycles. The van der Waals surface area contributed by atoms with Crippen molar-refractivity contribution in [2.45, 2.75) is 114 Å². The van der Waals surface area contributed by atoms with Gasteiger partial charge in [0.05, 0.1) is 17.1 Å². The van der Waals surface area contributed by atoms with Gasteiger partial charge in [0.2, 0.25) is 5.88 Å². The van der Waals surface area contributed by atoms with Gasteiger partial charge in [0.15, 0.2) is 12.6 Å². The summed E-state index contributed by atoms with van der Waals surface area (Å²) < 4.78 is 72.7. The summed E-state index contributed by atoms with van der Waals surface area (Å²) in [5.41, 5.74) is 4.57. The molecule has 13 heteroatoms. The van der Waals surface area contributed by atoms with Crippen molar-refractivity contribution >= 4 is 35.6 Å². The fourth-order valence-electron chi connectivity index (χ4n) is 10.5. The molecule has 0 N–H and O–H groups in total. The second kappa shape index (κ2) is 15.6. The van der Waals surface area contributed by atoms with E-state index in [-0.39, 0.29) is 53.7 Å². The van der Waals surface area contributed by atoms with E-state index in [1.807, 2.05) is 0 Å². The quantitative estimate of drug-likeness (QED) is 0.0886. The van der Waals surface area contributed by atoms with Crippen molar-refractivity contribution in [3.63, 3.8) is 0 Å². The Bertz CT molecular complexity index is 2220. The topological polar surface area (TPSA) is 82.1 Å². The number of rotatable bonds is 10. The second-order valence-corrected chi connectivity index (χ2v) is 22.9. The van der Waals surface area contributed by atoms with Crippen LogP contribution < -0.4 is 19.1 Å². The highest BCUT2D eigenvalue weighted by molar-refractivity contribution is 6.90. The van der Waals surface area contributed by atoms with Gasteiger partial charge in [-0.15, -0.1) is 5.54 Å². The van der Waals surface area contributed by atoms with Crippen LogP contribution in [0.25, 0.3) is 32.9 Å². The number of fused-ring (bicyclic) bond motifs is 4. The van der Waals surface area contributed by atoms with Crippen LogP contribution in [0.2, 0.25) is 16.6 Å². The fourth-order valence-corrected chi connectivity index (χ4v) is 15.7. The number of anilines is 1. The van der Waals surface area contributed by atoms with E-state index in [1.165, 1.54) is 13.2 Å². The monoisotopic (exact) mass is 801 g/mol. The van der Waals surface area contributed by atoms with Crippen molar-refractivity contribution in [2.75, 3.05) is 51.7 Å². The van der Waals surface area contributed by atoms with E-state index < -0.39 is 31.4 Å². The minimum Gasteiger partial charge on any atom is -0.475 e. The van der Waals surface area contributed by atoms with Gasteiger partial charge in [-0.1, -0.05) is 53.5 Å². The van der Waals surface area contributed by atoms with E-state index in [4.69, 9.17) is 33.9 Å². The Balaban J connectivity index is 1.35. The Labute approximate surface area is 334 Å². The predicted molar refractivity (Wildman–Crippen MR) is 220 cm³/mol. The minimum atomic E-state index is -2.30. The molecule has 4 aliphatic heterocycles. The van der Waals surface area contributed by atoms with Crippen LogP contribution in [-0.2, 0) is 4.74 Å². The van der Waals surface area contributed by atoms with Crippen LogP contribution in [0.3, 0.4) is 0 Å². The summed E-state index contributed by atoms with van der Waals surface area (Å²) in [5, 5.41) is 1.39. The molecule has 2 aromatic heterocycles.